The van der Waals surface area contributed by atoms with Crippen LogP contribution < -0.4 is 10.6 Å². The van der Waals surface area contributed by atoms with Crippen LogP contribution in [0.4, 0.5) is 0 Å². The summed E-state index contributed by atoms with van der Waals surface area (Å²) < 4.78 is 1.84. The molecule has 0 spiro atoms. The molecule has 20 heavy (non-hydrogen) atoms. The minimum absolute atomic E-state index is 0.0562. The van der Waals surface area contributed by atoms with Gasteiger partial charge < -0.3 is 10.6 Å². The lowest BCUT2D eigenvalue weighted by Crippen LogP contribution is -2.24. The number of nitrogens with zero attached hydrogens (tertiary/aromatic N) is 3. The van der Waals surface area contributed by atoms with Crippen LogP contribution in [0, 0.1) is 0 Å². The van der Waals surface area contributed by atoms with Crippen LogP contribution in [0.1, 0.15) is 18.4 Å². The first-order valence-electron chi connectivity index (χ1n) is 6.65. The molecule has 6 nitrogen and oxygen atoms in total. The molecule has 2 aromatic heterocycles. The summed E-state index contributed by atoms with van der Waals surface area (Å²) in [6.07, 6.45) is 8.33. The number of carbonyl (C=O) groups excluding carboxylic acids is 1. The molecule has 0 aliphatic carbocycles. The Hall–Kier alpha value is -2.21. The lowest BCUT2D eigenvalue weighted by Gasteiger charge is -2.10. The number of nitrogens with one attached hydrogen (secondary N) is 2. The standard InChI is InChI=1S/C14H19N5O/c1-15-6-3-5-13(20)18-10-12-4-2-7-17-14(12)19-9-8-16-11-19/h2,4,7-9,11,15H,3,5-6,10H2,1H3,(H,18,20). The number of hydrogen-bond donors (Lipinski definition) is 2. The zero-order valence-corrected chi connectivity index (χ0v) is 11.5. The maximum Gasteiger partial charge on any atom is 0.220 e. The Morgan fingerprint density at radius 3 is 3.05 bits per heavy atom. The third kappa shape index (κ3) is 3.89. The number of aromatic nitrogens is 3. The summed E-state index contributed by atoms with van der Waals surface area (Å²) in [5, 5.41) is 5.94. The molecule has 2 aromatic rings. The van der Waals surface area contributed by atoms with Gasteiger partial charge in [0.15, 0.2) is 0 Å². The van der Waals surface area contributed by atoms with Gasteiger partial charge in [0.05, 0.1) is 0 Å². The van der Waals surface area contributed by atoms with Crippen LogP contribution in [-0.4, -0.2) is 34.0 Å². The Morgan fingerprint density at radius 1 is 1.40 bits per heavy atom. The Morgan fingerprint density at radius 2 is 2.30 bits per heavy atom. The van der Waals surface area contributed by atoms with Crippen LogP contribution in [0.2, 0.25) is 0 Å². The van der Waals surface area contributed by atoms with Crippen LogP contribution in [0.25, 0.3) is 5.82 Å². The Bertz CT molecular complexity index is 538. The fourth-order valence-corrected chi connectivity index (χ4v) is 1.89. The van der Waals surface area contributed by atoms with Gasteiger partial charge >= 0.3 is 0 Å². The van der Waals surface area contributed by atoms with Crippen molar-refractivity contribution >= 4 is 5.91 Å². The highest BCUT2D eigenvalue weighted by Crippen LogP contribution is 2.10. The molecule has 2 N–H and O–H groups in total. The van der Waals surface area contributed by atoms with E-state index in [2.05, 4.69) is 20.6 Å². The van der Waals surface area contributed by atoms with E-state index in [1.807, 2.05) is 29.9 Å². The smallest absolute Gasteiger partial charge is 0.220 e. The van der Waals surface area contributed by atoms with E-state index in [-0.39, 0.29) is 5.91 Å². The van der Waals surface area contributed by atoms with Crippen LogP contribution >= 0.6 is 0 Å². The average Bonchev–Trinajstić information content (AvgIpc) is 3.00. The van der Waals surface area contributed by atoms with E-state index in [0.717, 1.165) is 24.3 Å². The van der Waals surface area contributed by atoms with E-state index in [9.17, 15) is 4.79 Å². The minimum atomic E-state index is 0.0562. The van der Waals surface area contributed by atoms with Gasteiger partial charge in [0, 0.05) is 37.1 Å². The SMILES string of the molecule is CNCCCC(=O)NCc1cccnc1-n1ccnc1. The second-order valence-electron chi connectivity index (χ2n) is 4.44. The van der Waals surface area contributed by atoms with E-state index >= 15 is 0 Å². The van der Waals surface area contributed by atoms with Crippen LogP contribution in [-0.2, 0) is 11.3 Å². The number of rotatable bonds is 7. The molecule has 0 bridgehead atoms. The molecule has 0 radical (unpaired) electrons. The first-order chi connectivity index (χ1) is 9.81. The van der Waals surface area contributed by atoms with E-state index in [1.165, 1.54) is 0 Å². The monoisotopic (exact) mass is 273 g/mol. The summed E-state index contributed by atoms with van der Waals surface area (Å²) in [4.78, 5) is 20.1. The molecule has 2 rings (SSSR count). The van der Waals surface area contributed by atoms with Gasteiger partial charge in [0.1, 0.15) is 12.1 Å². The molecule has 6 heteroatoms. The first-order valence-corrected chi connectivity index (χ1v) is 6.65. The van der Waals surface area contributed by atoms with E-state index in [0.29, 0.717) is 13.0 Å². The van der Waals surface area contributed by atoms with Crippen molar-refractivity contribution in [2.45, 2.75) is 19.4 Å². The van der Waals surface area contributed by atoms with Crippen molar-refractivity contribution in [2.75, 3.05) is 13.6 Å². The summed E-state index contributed by atoms with van der Waals surface area (Å²) in [5.41, 5.74) is 0.965. The molecule has 2 heterocycles. The fourth-order valence-electron chi connectivity index (χ4n) is 1.89. The summed E-state index contributed by atoms with van der Waals surface area (Å²) in [6.45, 7) is 1.32. The topological polar surface area (TPSA) is 71.8 Å². The zero-order chi connectivity index (χ0) is 14.2. The number of carbonyl (C=O) groups is 1. The predicted molar refractivity (Wildman–Crippen MR) is 76.4 cm³/mol. The quantitative estimate of drug-likeness (QED) is 0.735. The molecule has 0 fully saturated rings. The highest BCUT2D eigenvalue weighted by molar-refractivity contribution is 5.75. The molecule has 106 valence electrons. The Labute approximate surface area is 118 Å². The van der Waals surface area contributed by atoms with E-state index < -0.39 is 0 Å². The fraction of sp³-hybridized carbons (Fsp3) is 0.357. The Kier molecular flexibility index (Phi) is 5.25. The molecule has 0 aromatic carbocycles. The summed E-state index contributed by atoms with van der Waals surface area (Å²) in [5.74, 6) is 0.848. The summed E-state index contributed by atoms with van der Waals surface area (Å²) in [7, 11) is 1.88. The van der Waals surface area contributed by atoms with Crippen LogP contribution in [0.3, 0.4) is 0 Å². The maximum atomic E-state index is 11.7. The maximum absolute atomic E-state index is 11.7. The molecule has 0 saturated heterocycles. The lowest BCUT2D eigenvalue weighted by molar-refractivity contribution is -0.121. The first kappa shape index (κ1) is 14.2. The van der Waals surface area contributed by atoms with Gasteiger partial charge in [-0.1, -0.05) is 6.07 Å². The largest absolute Gasteiger partial charge is 0.352 e. The second kappa shape index (κ2) is 7.40. The van der Waals surface area contributed by atoms with Gasteiger partial charge in [-0.2, -0.15) is 0 Å². The van der Waals surface area contributed by atoms with Crippen molar-refractivity contribution in [3.8, 4) is 5.82 Å². The van der Waals surface area contributed by atoms with E-state index in [4.69, 9.17) is 0 Å². The average molecular weight is 273 g/mol. The second-order valence-corrected chi connectivity index (χ2v) is 4.44. The molecule has 0 aliphatic rings. The Balaban J connectivity index is 1.95. The van der Waals surface area contributed by atoms with Gasteiger partial charge in [-0.15, -0.1) is 0 Å². The molecule has 0 saturated carbocycles. The van der Waals surface area contributed by atoms with Gasteiger partial charge in [-0.3, -0.25) is 9.36 Å². The molecule has 0 atom stereocenters. The van der Waals surface area contributed by atoms with Gasteiger partial charge in [-0.25, -0.2) is 9.97 Å². The lowest BCUT2D eigenvalue weighted by atomic mass is 10.2. The van der Waals surface area contributed by atoms with Gasteiger partial charge in [0.25, 0.3) is 0 Å². The molecular formula is C14H19N5O. The van der Waals surface area contributed by atoms with Crippen molar-refractivity contribution < 1.29 is 4.79 Å². The normalized spacial score (nSPS) is 10.4. The van der Waals surface area contributed by atoms with Crippen molar-refractivity contribution in [1.82, 2.24) is 25.2 Å². The van der Waals surface area contributed by atoms with Crippen molar-refractivity contribution in [2.24, 2.45) is 0 Å². The molecule has 0 aliphatic heterocycles. The van der Waals surface area contributed by atoms with Crippen LogP contribution in [0.15, 0.2) is 37.1 Å². The number of hydrogen-bond acceptors (Lipinski definition) is 4. The van der Waals surface area contributed by atoms with Crippen molar-refractivity contribution in [3.05, 3.63) is 42.6 Å². The van der Waals surface area contributed by atoms with Crippen LogP contribution in [0.5, 0.6) is 0 Å². The predicted octanol–water partition coefficient (Wildman–Crippen LogP) is 0.883. The molecular weight excluding hydrogens is 254 g/mol. The molecule has 1 amide bonds. The highest BCUT2D eigenvalue weighted by atomic mass is 16.1. The summed E-state index contributed by atoms with van der Waals surface area (Å²) in [6, 6.07) is 3.82. The minimum Gasteiger partial charge on any atom is -0.352 e. The van der Waals surface area contributed by atoms with Crippen molar-refractivity contribution in [1.29, 1.82) is 0 Å². The molecule has 0 unspecified atom stereocenters. The third-order valence-corrected chi connectivity index (χ3v) is 2.92. The van der Waals surface area contributed by atoms with Gasteiger partial charge in [-0.05, 0) is 26.1 Å². The number of pyridine rings is 1. The van der Waals surface area contributed by atoms with Gasteiger partial charge in [0.2, 0.25) is 5.91 Å². The van der Waals surface area contributed by atoms with Crippen molar-refractivity contribution in [3.63, 3.8) is 0 Å². The number of imidazole rings is 1. The zero-order valence-electron chi connectivity index (χ0n) is 11.5. The van der Waals surface area contributed by atoms with E-state index in [1.54, 1.807) is 18.7 Å². The third-order valence-electron chi connectivity index (χ3n) is 2.92. The summed E-state index contributed by atoms with van der Waals surface area (Å²) >= 11 is 0. The highest BCUT2D eigenvalue weighted by Gasteiger charge is 2.07. The number of amides is 1.